The van der Waals surface area contributed by atoms with E-state index < -0.39 is 0 Å². The van der Waals surface area contributed by atoms with Gasteiger partial charge in [-0.1, -0.05) is 19.9 Å². The van der Waals surface area contributed by atoms with Gasteiger partial charge >= 0.3 is 0 Å². The molecule has 1 rings (SSSR count). The van der Waals surface area contributed by atoms with Crippen molar-refractivity contribution in [3.8, 4) is 0 Å². The highest BCUT2D eigenvalue weighted by Gasteiger charge is 1.95. The van der Waals surface area contributed by atoms with Crippen LogP contribution < -0.4 is 5.56 Å². The van der Waals surface area contributed by atoms with Crippen LogP contribution in [-0.4, -0.2) is 4.57 Å². The number of hydrogen-bond donors (Lipinski definition) is 0. The quantitative estimate of drug-likeness (QED) is 0.629. The van der Waals surface area contributed by atoms with Crippen molar-refractivity contribution in [1.29, 1.82) is 0 Å². The van der Waals surface area contributed by atoms with Gasteiger partial charge in [0.05, 0.1) is 0 Å². The van der Waals surface area contributed by atoms with Crippen LogP contribution >= 0.6 is 0 Å². The van der Waals surface area contributed by atoms with Gasteiger partial charge in [0.1, 0.15) is 0 Å². The third-order valence-electron chi connectivity index (χ3n) is 1.41. The van der Waals surface area contributed by atoms with E-state index in [0.717, 1.165) is 0 Å². The Bertz CT molecular complexity index is 263. The molecule has 0 unspecified atom stereocenters. The number of hydrogen-bond acceptors (Lipinski definition) is 1. The largest absolute Gasteiger partial charge is 0.313 e. The smallest absolute Gasteiger partial charge is 0.250 e. The molecule has 0 aliphatic heterocycles. The molecule has 0 atom stereocenters. The lowest BCUT2D eigenvalue weighted by Gasteiger charge is -2.06. The van der Waals surface area contributed by atoms with Crippen molar-refractivity contribution in [3.05, 3.63) is 34.7 Å². The maximum absolute atomic E-state index is 11.0. The fraction of sp³-hybridized carbons (Fsp3) is 0.500. The van der Waals surface area contributed by atoms with Crippen molar-refractivity contribution in [2.24, 2.45) is 0 Å². The molecule has 0 N–H and O–H groups in total. The summed E-state index contributed by atoms with van der Waals surface area (Å²) in [6.07, 6.45) is 1.80. The van der Waals surface area contributed by atoms with E-state index in [1.54, 1.807) is 22.9 Å². The first-order chi connectivity index (χ1) is 5.72. The van der Waals surface area contributed by atoms with E-state index in [4.69, 9.17) is 0 Å². The van der Waals surface area contributed by atoms with Gasteiger partial charge in [-0.25, -0.2) is 0 Å². The predicted octanol–water partition coefficient (Wildman–Crippen LogP) is 2.46. The zero-order chi connectivity index (χ0) is 9.56. The van der Waals surface area contributed by atoms with Crippen LogP contribution in [0.5, 0.6) is 0 Å². The molecule has 68 valence electrons. The monoisotopic (exact) mass is 167 g/mol. The lowest BCUT2D eigenvalue weighted by Crippen LogP contribution is -2.19. The van der Waals surface area contributed by atoms with Gasteiger partial charge in [0.15, 0.2) is 0 Å². The van der Waals surface area contributed by atoms with Crippen molar-refractivity contribution in [2.45, 2.75) is 33.7 Å². The fourth-order valence-electron chi connectivity index (χ4n) is 0.866. The fourth-order valence-corrected chi connectivity index (χ4v) is 0.866. The summed E-state index contributed by atoms with van der Waals surface area (Å²) >= 11 is 0. The van der Waals surface area contributed by atoms with E-state index in [0.29, 0.717) is 0 Å². The molecule has 0 spiro atoms. The van der Waals surface area contributed by atoms with Gasteiger partial charge in [-0.15, -0.1) is 0 Å². The molecule has 0 fully saturated rings. The zero-order valence-corrected chi connectivity index (χ0v) is 8.24. The van der Waals surface area contributed by atoms with Crippen LogP contribution in [0.4, 0.5) is 0 Å². The molecule has 0 saturated heterocycles. The lowest BCUT2D eigenvalue weighted by molar-refractivity contribution is 0.578. The van der Waals surface area contributed by atoms with Crippen molar-refractivity contribution in [3.63, 3.8) is 0 Å². The van der Waals surface area contributed by atoms with E-state index in [1.165, 1.54) is 0 Å². The van der Waals surface area contributed by atoms with E-state index in [1.807, 2.05) is 33.8 Å². The molecule has 1 heterocycles. The van der Waals surface area contributed by atoms with Gasteiger partial charge in [0, 0.05) is 18.3 Å². The van der Waals surface area contributed by atoms with Crippen LogP contribution in [0.25, 0.3) is 0 Å². The second-order valence-electron chi connectivity index (χ2n) is 2.54. The average Bonchev–Trinajstić information content (AvgIpc) is 2.08. The van der Waals surface area contributed by atoms with Crippen LogP contribution in [0.15, 0.2) is 29.2 Å². The van der Waals surface area contributed by atoms with Crippen LogP contribution in [-0.2, 0) is 0 Å². The molecular weight excluding hydrogens is 150 g/mol. The van der Waals surface area contributed by atoms with Crippen LogP contribution in [0.2, 0.25) is 0 Å². The van der Waals surface area contributed by atoms with Crippen LogP contribution in [0.1, 0.15) is 33.7 Å². The maximum atomic E-state index is 11.0. The third kappa shape index (κ3) is 2.91. The maximum Gasteiger partial charge on any atom is 0.250 e. The van der Waals surface area contributed by atoms with Gasteiger partial charge in [-0.2, -0.15) is 0 Å². The van der Waals surface area contributed by atoms with Crippen LogP contribution in [0.3, 0.4) is 0 Å². The minimum atomic E-state index is 0.0671. The van der Waals surface area contributed by atoms with E-state index in [2.05, 4.69) is 0 Å². The van der Waals surface area contributed by atoms with E-state index in [-0.39, 0.29) is 11.6 Å². The normalized spacial score (nSPS) is 9.08. The SMILES string of the molecule is CC.CC(C)n1ccccc1=O. The summed E-state index contributed by atoms with van der Waals surface area (Å²) in [6.45, 7) is 7.98. The molecule has 0 aliphatic carbocycles. The standard InChI is InChI=1S/C8H11NO.C2H6/c1-7(2)9-6-4-3-5-8(9)10;1-2/h3-7H,1-2H3;1-2H3. The Hall–Kier alpha value is -1.05. The topological polar surface area (TPSA) is 22.0 Å². The molecule has 0 amide bonds. The Balaban J connectivity index is 0.000000561. The minimum absolute atomic E-state index is 0.0671. The van der Waals surface area contributed by atoms with Crippen molar-refractivity contribution < 1.29 is 0 Å². The highest BCUT2D eigenvalue weighted by atomic mass is 16.1. The summed E-state index contributed by atoms with van der Waals surface area (Å²) < 4.78 is 1.69. The molecule has 0 saturated carbocycles. The number of nitrogens with zero attached hydrogens (tertiary/aromatic N) is 1. The highest BCUT2D eigenvalue weighted by molar-refractivity contribution is 4.94. The van der Waals surface area contributed by atoms with Crippen molar-refractivity contribution in [2.75, 3.05) is 0 Å². The molecule has 0 bridgehead atoms. The Morgan fingerprint density at radius 2 is 1.83 bits per heavy atom. The van der Waals surface area contributed by atoms with Crippen LogP contribution in [0, 0.1) is 0 Å². The Kier molecular flexibility index (Phi) is 5.09. The Morgan fingerprint density at radius 3 is 2.17 bits per heavy atom. The second-order valence-corrected chi connectivity index (χ2v) is 2.54. The van der Waals surface area contributed by atoms with Crippen molar-refractivity contribution in [1.82, 2.24) is 4.57 Å². The van der Waals surface area contributed by atoms with Gasteiger partial charge in [-0.3, -0.25) is 4.79 Å². The zero-order valence-electron chi connectivity index (χ0n) is 8.24. The summed E-state index contributed by atoms with van der Waals surface area (Å²) in [4.78, 5) is 11.0. The molecule has 2 heteroatoms. The lowest BCUT2D eigenvalue weighted by atomic mass is 10.3. The summed E-state index contributed by atoms with van der Waals surface area (Å²) in [5.74, 6) is 0. The summed E-state index contributed by atoms with van der Waals surface area (Å²) in [5, 5.41) is 0. The molecule has 1 aromatic rings. The average molecular weight is 167 g/mol. The first kappa shape index (κ1) is 11.0. The highest BCUT2D eigenvalue weighted by Crippen LogP contribution is 1.96. The molecule has 0 aromatic carbocycles. The molecule has 0 aliphatic rings. The Labute approximate surface area is 73.9 Å². The number of rotatable bonds is 1. The molecule has 1 aromatic heterocycles. The molecule has 12 heavy (non-hydrogen) atoms. The number of pyridine rings is 1. The van der Waals surface area contributed by atoms with Gasteiger partial charge in [0.2, 0.25) is 0 Å². The van der Waals surface area contributed by atoms with Gasteiger partial charge in [-0.05, 0) is 19.9 Å². The van der Waals surface area contributed by atoms with E-state index >= 15 is 0 Å². The van der Waals surface area contributed by atoms with Crippen molar-refractivity contribution >= 4 is 0 Å². The molecule has 2 nitrogen and oxygen atoms in total. The van der Waals surface area contributed by atoms with Gasteiger partial charge in [0.25, 0.3) is 5.56 Å². The second kappa shape index (κ2) is 5.58. The summed E-state index contributed by atoms with van der Waals surface area (Å²) in [6, 6.07) is 5.44. The molecule has 0 radical (unpaired) electrons. The minimum Gasteiger partial charge on any atom is -0.313 e. The first-order valence-electron chi connectivity index (χ1n) is 4.39. The van der Waals surface area contributed by atoms with Gasteiger partial charge < -0.3 is 4.57 Å². The molecular formula is C10H17NO. The summed E-state index contributed by atoms with van der Waals surface area (Å²) in [7, 11) is 0. The summed E-state index contributed by atoms with van der Waals surface area (Å²) in [5.41, 5.74) is 0.0671. The third-order valence-corrected chi connectivity index (χ3v) is 1.41. The van der Waals surface area contributed by atoms with E-state index in [9.17, 15) is 4.79 Å². The number of aromatic nitrogens is 1. The predicted molar refractivity (Wildman–Crippen MR) is 52.4 cm³/mol. The Morgan fingerprint density at radius 1 is 1.25 bits per heavy atom. The first-order valence-corrected chi connectivity index (χ1v) is 4.39.